The Hall–Kier alpha value is -1.55. The van der Waals surface area contributed by atoms with Gasteiger partial charge in [0.15, 0.2) is 0 Å². The molecule has 0 bridgehead atoms. The minimum absolute atomic E-state index is 0.398. The monoisotopic (exact) mass is 289 g/mol. The summed E-state index contributed by atoms with van der Waals surface area (Å²) >= 11 is 0. The summed E-state index contributed by atoms with van der Waals surface area (Å²) in [6.45, 7) is 3.04. The van der Waals surface area contributed by atoms with E-state index in [0.717, 1.165) is 45.4 Å². The van der Waals surface area contributed by atoms with Crippen molar-refractivity contribution >= 4 is 11.7 Å². The maximum Gasteiger partial charge on any atom is 0.335 e. The first-order valence-electron chi connectivity index (χ1n) is 7.97. The van der Waals surface area contributed by atoms with Gasteiger partial charge in [-0.1, -0.05) is 0 Å². The number of benzene rings is 1. The Morgan fingerprint density at radius 3 is 3.05 bits per heavy atom. The third kappa shape index (κ3) is 3.38. The Labute approximate surface area is 125 Å². The highest BCUT2D eigenvalue weighted by molar-refractivity contribution is 5.88. The molecule has 0 amide bonds. The van der Waals surface area contributed by atoms with Gasteiger partial charge in [-0.3, -0.25) is 0 Å². The lowest BCUT2D eigenvalue weighted by atomic mass is 9.98. The van der Waals surface area contributed by atoms with E-state index < -0.39 is 5.97 Å². The molecule has 4 nitrogen and oxygen atoms in total. The molecule has 1 N–H and O–H groups in total. The Balaban J connectivity index is 1.61. The Bertz CT molecular complexity index is 509. The summed E-state index contributed by atoms with van der Waals surface area (Å²) in [5, 5.41) is 9.09. The van der Waals surface area contributed by atoms with E-state index in [2.05, 4.69) is 4.90 Å². The van der Waals surface area contributed by atoms with Crippen LogP contribution in [0.1, 0.15) is 48.0 Å². The van der Waals surface area contributed by atoms with Crippen molar-refractivity contribution in [3.05, 3.63) is 29.3 Å². The zero-order valence-electron chi connectivity index (χ0n) is 12.4. The Morgan fingerprint density at radius 1 is 1.38 bits per heavy atom. The smallest absolute Gasteiger partial charge is 0.335 e. The van der Waals surface area contributed by atoms with Crippen molar-refractivity contribution in [3.63, 3.8) is 0 Å². The molecular formula is C17H23NO3. The summed E-state index contributed by atoms with van der Waals surface area (Å²) in [7, 11) is 0. The van der Waals surface area contributed by atoms with Gasteiger partial charge in [0, 0.05) is 25.4 Å². The topological polar surface area (TPSA) is 49.8 Å². The highest BCUT2D eigenvalue weighted by atomic mass is 16.5. The number of carbonyl (C=O) groups is 1. The highest BCUT2D eigenvalue weighted by Crippen LogP contribution is 2.28. The number of carboxylic acid groups (broad SMARTS) is 1. The minimum Gasteiger partial charge on any atom is -0.478 e. The number of nitrogens with zero attached hydrogens (tertiary/aromatic N) is 1. The quantitative estimate of drug-likeness (QED) is 0.905. The fourth-order valence-corrected chi connectivity index (χ4v) is 3.42. The van der Waals surface area contributed by atoms with Crippen LogP contribution in [-0.2, 0) is 11.2 Å². The van der Waals surface area contributed by atoms with E-state index in [1.54, 1.807) is 6.07 Å². The molecule has 1 unspecified atom stereocenters. The van der Waals surface area contributed by atoms with Crippen LogP contribution in [0.3, 0.4) is 0 Å². The van der Waals surface area contributed by atoms with Gasteiger partial charge >= 0.3 is 5.97 Å². The second-order valence-corrected chi connectivity index (χ2v) is 6.02. The van der Waals surface area contributed by atoms with Crippen molar-refractivity contribution in [3.8, 4) is 0 Å². The summed E-state index contributed by atoms with van der Waals surface area (Å²) in [5.41, 5.74) is 2.80. The van der Waals surface area contributed by atoms with Gasteiger partial charge in [0.1, 0.15) is 0 Å². The molecule has 0 aliphatic carbocycles. The summed E-state index contributed by atoms with van der Waals surface area (Å²) < 4.78 is 5.67. The van der Waals surface area contributed by atoms with Gasteiger partial charge in [-0.05, 0) is 62.3 Å². The van der Waals surface area contributed by atoms with Crippen LogP contribution in [-0.4, -0.2) is 36.9 Å². The molecule has 21 heavy (non-hydrogen) atoms. The first-order valence-corrected chi connectivity index (χ1v) is 7.97. The minimum atomic E-state index is -0.840. The largest absolute Gasteiger partial charge is 0.478 e. The molecular weight excluding hydrogens is 266 g/mol. The number of hydrogen-bond acceptors (Lipinski definition) is 3. The van der Waals surface area contributed by atoms with E-state index >= 15 is 0 Å². The summed E-state index contributed by atoms with van der Waals surface area (Å²) in [6, 6.07) is 5.54. The average Bonchev–Trinajstić information content (AvgIpc) is 3.00. The Morgan fingerprint density at radius 2 is 2.29 bits per heavy atom. The standard InChI is InChI=1S/C17H23NO3/c19-17(20)14-7-8-16-13(12-14)4-1-9-18(16)10-2-5-15-6-3-11-21-15/h7-8,12,15H,1-6,9-11H2,(H,19,20). The molecule has 114 valence electrons. The van der Waals surface area contributed by atoms with Gasteiger partial charge in [-0.25, -0.2) is 4.79 Å². The van der Waals surface area contributed by atoms with Crippen LogP contribution in [0.2, 0.25) is 0 Å². The lowest BCUT2D eigenvalue weighted by Crippen LogP contribution is -2.31. The molecule has 1 aromatic carbocycles. The van der Waals surface area contributed by atoms with Crippen LogP contribution in [0.5, 0.6) is 0 Å². The number of aryl methyl sites for hydroxylation is 1. The van der Waals surface area contributed by atoms with Crippen molar-refractivity contribution in [1.29, 1.82) is 0 Å². The third-order valence-corrected chi connectivity index (χ3v) is 4.52. The van der Waals surface area contributed by atoms with Gasteiger partial charge in [0.25, 0.3) is 0 Å². The van der Waals surface area contributed by atoms with Crippen LogP contribution in [0.4, 0.5) is 5.69 Å². The number of fused-ring (bicyclic) bond motifs is 1. The maximum atomic E-state index is 11.1. The number of aromatic carboxylic acids is 1. The van der Waals surface area contributed by atoms with Crippen molar-refractivity contribution in [2.75, 3.05) is 24.6 Å². The molecule has 1 fully saturated rings. The normalized spacial score (nSPS) is 21.3. The third-order valence-electron chi connectivity index (χ3n) is 4.52. The number of carboxylic acids is 1. The summed E-state index contributed by atoms with van der Waals surface area (Å²) in [6.07, 6.45) is 7.25. The van der Waals surface area contributed by atoms with Crippen molar-refractivity contribution in [2.24, 2.45) is 0 Å². The SMILES string of the molecule is O=C(O)c1ccc2c(c1)CCCN2CCCC1CCCO1. The van der Waals surface area contributed by atoms with E-state index in [1.807, 2.05) is 12.1 Å². The predicted octanol–water partition coefficient (Wildman–Crippen LogP) is 3.10. The second kappa shape index (κ2) is 6.48. The van der Waals surface area contributed by atoms with Crippen LogP contribution < -0.4 is 4.90 Å². The Kier molecular flexibility index (Phi) is 4.44. The number of anilines is 1. The number of ether oxygens (including phenoxy) is 1. The fraction of sp³-hybridized carbons (Fsp3) is 0.588. The molecule has 4 heteroatoms. The molecule has 1 atom stereocenters. The second-order valence-electron chi connectivity index (χ2n) is 6.02. The molecule has 2 aliphatic heterocycles. The molecule has 0 saturated carbocycles. The van der Waals surface area contributed by atoms with Gasteiger partial charge in [-0.2, -0.15) is 0 Å². The number of hydrogen-bond donors (Lipinski definition) is 1. The van der Waals surface area contributed by atoms with E-state index in [9.17, 15) is 4.79 Å². The van der Waals surface area contributed by atoms with Gasteiger partial charge in [-0.15, -0.1) is 0 Å². The fourth-order valence-electron chi connectivity index (χ4n) is 3.42. The van der Waals surface area contributed by atoms with Gasteiger partial charge in [0.05, 0.1) is 11.7 Å². The van der Waals surface area contributed by atoms with Crippen LogP contribution in [0.15, 0.2) is 18.2 Å². The summed E-state index contributed by atoms with van der Waals surface area (Å²) in [4.78, 5) is 13.5. The average molecular weight is 289 g/mol. The van der Waals surface area contributed by atoms with Crippen molar-refractivity contribution in [2.45, 2.75) is 44.6 Å². The van der Waals surface area contributed by atoms with E-state index in [-0.39, 0.29) is 0 Å². The van der Waals surface area contributed by atoms with Crippen molar-refractivity contribution in [1.82, 2.24) is 0 Å². The van der Waals surface area contributed by atoms with Crippen LogP contribution >= 0.6 is 0 Å². The first-order chi connectivity index (χ1) is 10.2. The molecule has 1 saturated heterocycles. The van der Waals surface area contributed by atoms with E-state index in [4.69, 9.17) is 9.84 Å². The van der Waals surface area contributed by atoms with Gasteiger partial charge in [0.2, 0.25) is 0 Å². The maximum absolute atomic E-state index is 11.1. The lowest BCUT2D eigenvalue weighted by Gasteiger charge is -2.31. The predicted molar refractivity (Wildman–Crippen MR) is 82.1 cm³/mol. The van der Waals surface area contributed by atoms with Crippen LogP contribution in [0, 0.1) is 0 Å². The molecule has 0 aromatic heterocycles. The molecule has 0 spiro atoms. The molecule has 2 aliphatic rings. The van der Waals surface area contributed by atoms with Gasteiger partial charge < -0.3 is 14.7 Å². The van der Waals surface area contributed by atoms with Crippen LogP contribution in [0.25, 0.3) is 0 Å². The summed E-state index contributed by atoms with van der Waals surface area (Å²) in [5.74, 6) is -0.840. The first kappa shape index (κ1) is 14.4. The molecule has 2 heterocycles. The zero-order chi connectivity index (χ0) is 14.7. The molecule has 3 rings (SSSR count). The molecule has 1 aromatic rings. The lowest BCUT2D eigenvalue weighted by molar-refractivity contribution is 0.0696. The highest BCUT2D eigenvalue weighted by Gasteiger charge is 2.20. The van der Waals surface area contributed by atoms with E-state index in [1.165, 1.54) is 24.1 Å². The number of rotatable bonds is 5. The molecule has 0 radical (unpaired) electrons. The van der Waals surface area contributed by atoms with Crippen molar-refractivity contribution < 1.29 is 14.6 Å². The zero-order valence-corrected chi connectivity index (χ0v) is 12.4. The van der Waals surface area contributed by atoms with E-state index in [0.29, 0.717) is 11.7 Å².